The zero-order valence-electron chi connectivity index (χ0n) is 14.3. The second kappa shape index (κ2) is 7.38. The van der Waals surface area contributed by atoms with Crippen LogP contribution in [0.4, 0.5) is 5.13 Å². The van der Waals surface area contributed by atoms with Crippen molar-refractivity contribution < 1.29 is 9.53 Å². The van der Waals surface area contributed by atoms with Crippen LogP contribution in [0.1, 0.15) is 10.5 Å². The standard InChI is InChI=1S/C19H15N5O2S/c1-26-17-5-3-2-4-13(17)14-10-15(24-23-14)18(25)22-19-21-16(11-27-19)12-6-8-20-9-7-12/h2-11H,1H3,(H,23,24)(H,21,22,25). The summed E-state index contributed by atoms with van der Waals surface area (Å²) in [7, 11) is 1.60. The minimum atomic E-state index is -0.306. The molecule has 0 bridgehead atoms. The Labute approximate surface area is 159 Å². The number of pyridine rings is 1. The number of nitrogens with one attached hydrogen (secondary N) is 2. The Balaban J connectivity index is 1.51. The summed E-state index contributed by atoms with van der Waals surface area (Å²) in [6.07, 6.45) is 3.41. The van der Waals surface area contributed by atoms with Crippen LogP contribution in [0.25, 0.3) is 22.5 Å². The molecule has 4 rings (SSSR count). The number of hydrogen-bond acceptors (Lipinski definition) is 6. The molecule has 3 heterocycles. The number of methoxy groups -OCH3 is 1. The van der Waals surface area contributed by atoms with Crippen molar-refractivity contribution in [3.8, 4) is 28.3 Å². The summed E-state index contributed by atoms with van der Waals surface area (Å²) in [6.45, 7) is 0. The number of amides is 1. The van der Waals surface area contributed by atoms with E-state index < -0.39 is 0 Å². The fourth-order valence-electron chi connectivity index (χ4n) is 2.58. The van der Waals surface area contributed by atoms with E-state index in [0.717, 1.165) is 16.8 Å². The van der Waals surface area contributed by atoms with Crippen molar-refractivity contribution in [3.05, 3.63) is 65.9 Å². The second-order valence-corrected chi connectivity index (χ2v) is 6.45. The molecule has 0 atom stereocenters. The van der Waals surface area contributed by atoms with Gasteiger partial charge in [-0.05, 0) is 30.3 Å². The van der Waals surface area contributed by atoms with Gasteiger partial charge < -0.3 is 4.74 Å². The first-order valence-electron chi connectivity index (χ1n) is 8.10. The van der Waals surface area contributed by atoms with E-state index in [0.29, 0.717) is 22.3 Å². The predicted octanol–water partition coefficient (Wildman–Crippen LogP) is 3.86. The van der Waals surface area contributed by atoms with E-state index in [1.54, 1.807) is 25.6 Å². The number of benzene rings is 1. The van der Waals surface area contributed by atoms with Gasteiger partial charge >= 0.3 is 0 Å². The van der Waals surface area contributed by atoms with Crippen LogP contribution >= 0.6 is 11.3 Å². The molecule has 27 heavy (non-hydrogen) atoms. The molecule has 8 heteroatoms. The van der Waals surface area contributed by atoms with Gasteiger partial charge in [0.05, 0.1) is 18.5 Å². The summed E-state index contributed by atoms with van der Waals surface area (Å²) in [5.74, 6) is 0.386. The molecular weight excluding hydrogens is 362 g/mol. The van der Waals surface area contributed by atoms with Crippen molar-refractivity contribution in [2.45, 2.75) is 0 Å². The van der Waals surface area contributed by atoms with Gasteiger partial charge in [0.15, 0.2) is 5.13 Å². The van der Waals surface area contributed by atoms with E-state index in [-0.39, 0.29) is 5.91 Å². The number of aromatic nitrogens is 4. The molecule has 1 amide bonds. The maximum atomic E-state index is 12.5. The Morgan fingerprint density at radius 3 is 2.78 bits per heavy atom. The van der Waals surface area contributed by atoms with E-state index in [2.05, 4.69) is 25.5 Å². The van der Waals surface area contributed by atoms with Gasteiger partial charge in [-0.15, -0.1) is 11.3 Å². The largest absolute Gasteiger partial charge is 0.496 e. The van der Waals surface area contributed by atoms with Crippen LogP contribution in [-0.2, 0) is 0 Å². The number of rotatable bonds is 5. The number of aromatic amines is 1. The molecule has 2 N–H and O–H groups in total. The number of thiazole rings is 1. The Morgan fingerprint density at radius 2 is 1.96 bits per heavy atom. The van der Waals surface area contributed by atoms with Crippen molar-refractivity contribution in [1.82, 2.24) is 20.2 Å². The third-order valence-corrected chi connectivity index (χ3v) is 4.66. The lowest BCUT2D eigenvalue weighted by molar-refractivity contribution is 0.102. The highest BCUT2D eigenvalue weighted by atomic mass is 32.1. The lowest BCUT2D eigenvalue weighted by Gasteiger charge is -2.04. The minimum Gasteiger partial charge on any atom is -0.496 e. The van der Waals surface area contributed by atoms with Gasteiger partial charge in [-0.2, -0.15) is 5.10 Å². The SMILES string of the molecule is COc1ccccc1-c1cc(C(=O)Nc2nc(-c3ccncc3)cs2)[nH]n1. The molecule has 4 aromatic rings. The molecule has 0 aliphatic rings. The minimum absolute atomic E-state index is 0.306. The average molecular weight is 377 g/mol. The van der Waals surface area contributed by atoms with Crippen LogP contribution in [0, 0.1) is 0 Å². The van der Waals surface area contributed by atoms with Crippen LogP contribution in [0.3, 0.4) is 0 Å². The summed E-state index contributed by atoms with van der Waals surface area (Å²) < 4.78 is 5.34. The van der Waals surface area contributed by atoms with Gasteiger partial charge in [0.2, 0.25) is 0 Å². The van der Waals surface area contributed by atoms with Crippen LogP contribution < -0.4 is 10.1 Å². The highest BCUT2D eigenvalue weighted by Gasteiger charge is 2.15. The van der Waals surface area contributed by atoms with Gasteiger partial charge in [-0.3, -0.25) is 20.2 Å². The van der Waals surface area contributed by atoms with E-state index in [1.807, 2.05) is 41.8 Å². The number of anilines is 1. The maximum Gasteiger partial charge on any atom is 0.275 e. The smallest absolute Gasteiger partial charge is 0.275 e. The number of hydrogen-bond donors (Lipinski definition) is 2. The Bertz CT molecular complexity index is 1070. The van der Waals surface area contributed by atoms with Crippen LogP contribution in [0.5, 0.6) is 5.75 Å². The summed E-state index contributed by atoms with van der Waals surface area (Å²) in [5, 5.41) is 12.2. The van der Waals surface area contributed by atoms with Gasteiger partial charge in [-0.1, -0.05) is 12.1 Å². The average Bonchev–Trinajstić information content (AvgIpc) is 3.38. The molecule has 1 aromatic carbocycles. The van der Waals surface area contributed by atoms with Gasteiger partial charge in [0.25, 0.3) is 5.91 Å². The van der Waals surface area contributed by atoms with Gasteiger partial charge in [0, 0.05) is 28.9 Å². The molecule has 0 saturated carbocycles. The van der Waals surface area contributed by atoms with Crippen LogP contribution in [0.2, 0.25) is 0 Å². The Hall–Kier alpha value is -3.52. The van der Waals surface area contributed by atoms with E-state index in [9.17, 15) is 4.79 Å². The summed E-state index contributed by atoms with van der Waals surface area (Å²) in [5.41, 5.74) is 3.52. The number of para-hydroxylation sites is 1. The lowest BCUT2D eigenvalue weighted by Crippen LogP contribution is -2.12. The Morgan fingerprint density at radius 1 is 1.15 bits per heavy atom. The third-order valence-electron chi connectivity index (χ3n) is 3.91. The number of carbonyl (C=O) groups is 1. The first-order chi connectivity index (χ1) is 13.2. The number of ether oxygens (including phenoxy) is 1. The first kappa shape index (κ1) is 16.9. The van der Waals surface area contributed by atoms with Gasteiger partial charge in [-0.25, -0.2) is 4.98 Å². The van der Waals surface area contributed by atoms with Crippen molar-refractivity contribution in [3.63, 3.8) is 0 Å². The fraction of sp³-hybridized carbons (Fsp3) is 0.0526. The fourth-order valence-corrected chi connectivity index (χ4v) is 3.30. The molecular formula is C19H15N5O2S. The van der Waals surface area contributed by atoms with Crippen molar-refractivity contribution in [2.24, 2.45) is 0 Å². The molecule has 0 unspecified atom stereocenters. The summed E-state index contributed by atoms with van der Waals surface area (Å²) >= 11 is 1.36. The number of H-pyrrole nitrogens is 1. The van der Waals surface area contributed by atoms with Gasteiger partial charge in [0.1, 0.15) is 11.4 Å². The zero-order valence-corrected chi connectivity index (χ0v) is 15.2. The molecule has 134 valence electrons. The van der Waals surface area contributed by atoms with Crippen molar-refractivity contribution >= 4 is 22.4 Å². The molecule has 3 aromatic heterocycles. The first-order valence-corrected chi connectivity index (χ1v) is 8.98. The monoisotopic (exact) mass is 377 g/mol. The number of nitrogens with zero attached hydrogens (tertiary/aromatic N) is 3. The topological polar surface area (TPSA) is 92.8 Å². The second-order valence-electron chi connectivity index (χ2n) is 5.60. The molecule has 0 saturated heterocycles. The predicted molar refractivity (Wildman–Crippen MR) is 104 cm³/mol. The van der Waals surface area contributed by atoms with E-state index in [4.69, 9.17) is 4.74 Å². The summed E-state index contributed by atoms with van der Waals surface area (Å²) in [4.78, 5) is 20.9. The normalized spacial score (nSPS) is 10.6. The molecule has 0 fully saturated rings. The zero-order chi connectivity index (χ0) is 18.6. The highest BCUT2D eigenvalue weighted by molar-refractivity contribution is 7.14. The van der Waals surface area contributed by atoms with Crippen LogP contribution in [-0.4, -0.2) is 33.2 Å². The highest BCUT2D eigenvalue weighted by Crippen LogP contribution is 2.29. The lowest BCUT2D eigenvalue weighted by atomic mass is 10.1. The molecule has 7 nitrogen and oxygen atoms in total. The van der Waals surface area contributed by atoms with Crippen LogP contribution in [0.15, 0.2) is 60.2 Å². The summed E-state index contributed by atoms with van der Waals surface area (Å²) in [6, 6.07) is 12.9. The Kier molecular flexibility index (Phi) is 4.63. The molecule has 0 spiro atoms. The molecule has 0 aliphatic heterocycles. The third kappa shape index (κ3) is 3.56. The molecule has 0 aliphatic carbocycles. The maximum absolute atomic E-state index is 12.5. The van der Waals surface area contributed by atoms with E-state index in [1.165, 1.54) is 11.3 Å². The van der Waals surface area contributed by atoms with E-state index >= 15 is 0 Å². The quantitative estimate of drug-likeness (QED) is 0.551. The number of carbonyl (C=O) groups excluding carboxylic acids is 1. The van der Waals surface area contributed by atoms with Crippen molar-refractivity contribution in [2.75, 3.05) is 12.4 Å². The molecule has 0 radical (unpaired) electrons. The van der Waals surface area contributed by atoms with Crippen molar-refractivity contribution in [1.29, 1.82) is 0 Å².